The molecule has 0 saturated heterocycles. The predicted octanol–water partition coefficient (Wildman–Crippen LogP) is 2.40. The van der Waals surface area contributed by atoms with Crippen molar-refractivity contribution in [1.82, 2.24) is 10.3 Å². The summed E-state index contributed by atoms with van der Waals surface area (Å²) >= 11 is 1.62. The number of amides is 2. The zero-order valence-electron chi connectivity index (χ0n) is 10.6. The molecule has 1 aromatic heterocycles. The number of aromatic nitrogens is 1. The number of carbonyl (C=O) groups excluding carboxylic acids is 1. The molecule has 0 spiro atoms. The van der Waals surface area contributed by atoms with Gasteiger partial charge in [0.15, 0.2) is 0 Å². The Labute approximate surface area is 115 Å². The number of nitrogens with two attached hydrogens (primary N) is 1. The third kappa shape index (κ3) is 4.26. The predicted molar refractivity (Wildman–Crippen MR) is 78.4 cm³/mol. The maximum atomic E-state index is 11.6. The summed E-state index contributed by atoms with van der Waals surface area (Å²) in [5.74, 6) is 0. The van der Waals surface area contributed by atoms with E-state index in [1.54, 1.807) is 35.6 Å². The second-order valence-corrected chi connectivity index (χ2v) is 5.17. The Hall–Kier alpha value is -2.08. The molecule has 0 aliphatic heterocycles. The van der Waals surface area contributed by atoms with Gasteiger partial charge in [-0.05, 0) is 31.2 Å². The maximum absolute atomic E-state index is 11.6. The number of rotatable bonds is 4. The number of aryl methyl sites for hydroxylation is 1. The van der Waals surface area contributed by atoms with E-state index in [0.717, 1.165) is 22.8 Å². The lowest BCUT2D eigenvalue weighted by Gasteiger charge is -2.07. The van der Waals surface area contributed by atoms with E-state index in [1.807, 2.05) is 12.3 Å². The quantitative estimate of drug-likeness (QED) is 0.750. The van der Waals surface area contributed by atoms with Gasteiger partial charge in [0.05, 0.1) is 10.7 Å². The molecule has 0 unspecified atom stereocenters. The number of nitrogens with zero attached hydrogens (tertiary/aromatic N) is 1. The van der Waals surface area contributed by atoms with Crippen molar-refractivity contribution in [3.8, 4) is 0 Å². The Bertz CT molecular complexity index is 550. The number of carbonyl (C=O) groups is 1. The second-order valence-electron chi connectivity index (χ2n) is 4.11. The molecular weight excluding hydrogens is 260 g/mol. The van der Waals surface area contributed by atoms with Crippen LogP contribution in [0.2, 0.25) is 0 Å². The van der Waals surface area contributed by atoms with E-state index >= 15 is 0 Å². The topological polar surface area (TPSA) is 80.0 Å². The fraction of sp³-hybridized carbons (Fsp3) is 0.231. The van der Waals surface area contributed by atoms with Crippen LogP contribution >= 0.6 is 11.3 Å². The van der Waals surface area contributed by atoms with E-state index < -0.39 is 0 Å². The number of hydrogen-bond acceptors (Lipinski definition) is 4. The van der Waals surface area contributed by atoms with Gasteiger partial charge in [0.1, 0.15) is 0 Å². The lowest BCUT2D eigenvalue weighted by atomic mass is 10.3. The molecular formula is C13H16N4OS. The van der Waals surface area contributed by atoms with Crippen LogP contribution in [0.25, 0.3) is 0 Å². The molecule has 1 heterocycles. The van der Waals surface area contributed by atoms with Gasteiger partial charge in [0.25, 0.3) is 0 Å². The Kier molecular flexibility index (Phi) is 4.35. The number of benzene rings is 1. The minimum absolute atomic E-state index is 0.225. The molecule has 0 bridgehead atoms. The van der Waals surface area contributed by atoms with Crippen LogP contribution in [0.15, 0.2) is 29.6 Å². The Balaban J connectivity index is 1.74. The average molecular weight is 276 g/mol. The summed E-state index contributed by atoms with van der Waals surface area (Å²) < 4.78 is 0. The summed E-state index contributed by atoms with van der Waals surface area (Å²) in [6.07, 6.45) is 0.736. The van der Waals surface area contributed by atoms with Crippen LogP contribution in [0.4, 0.5) is 16.2 Å². The molecule has 2 amide bonds. The first-order valence-electron chi connectivity index (χ1n) is 5.95. The molecule has 0 fully saturated rings. The molecule has 2 aromatic rings. The first-order valence-corrected chi connectivity index (χ1v) is 6.83. The van der Waals surface area contributed by atoms with Crippen molar-refractivity contribution in [2.24, 2.45) is 0 Å². The lowest BCUT2D eigenvalue weighted by Crippen LogP contribution is -2.30. The molecule has 0 radical (unpaired) electrons. The largest absolute Gasteiger partial charge is 0.399 e. The van der Waals surface area contributed by atoms with Gasteiger partial charge in [0, 0.05) is 29.7 Å². The first-order chi connectivity index (χ1) is 9.13. The minimum atomic E-state index is -0.225. The van der Waals surface area contributed by atoms with Gasteiger partial charge < -0.3 is 16.4 Å². The summed E-state index contributed by atoms with van der Waals surface area (Å²) in [5.41, 5.74) is 7.97. The standard InChI is InChI=1S/C13H16N4OS/c1-9-16-12(8-19-9)6-7-15-13(18)17-11-4-2-10(14)3-5-11/h2-5,8H,6-7,14H2,1H3,(H2,15,17,18). The van der Waals surface area contributed by atoms with Crippen LogP contribution < -0.4 is 16.4 Å². The number of nitrogen functional groups attached to an aromatic ring is 1. The number of hydrogen-bond donors (Lipinski definition) is 3. The fourth-order valence-electron chi connectivity index (χ4n) is 1.57. The van der Waals surface area contributed by atoms with E-state index in [9.17, 15) is 4.79 Å². The SMILES string of the molecule is Cc1nc(CCNC(=O)Nc2ccc(N)cc2)cs1. The van der Waals surface area contributed by atoms with Gasteiger partial charge in [-0.25, -0.2) is 9.78 Å². The number of urea groups is 1. The van der Waals surface area contributed by atoms with E-state index in [4.69, 9.17) is 5.73 Å². The van der Waals surface area contributed by atoms with Crippen LogP contribution in [-0.2, 0) is 6.42 Å². The lowest BCUT2D eigenvalue weighted by molar-refractivity contribution is 0.252. The van der Waals surface area contributed by atoms with Gasteiger partial charge in [0.2, 0.25) is 0 Å². The van der Waals surface area contributed by atoms with Crippen molar-refractivity contribution >= 4 is 28.7 Å². The van der Waals surface area contributed by atoms with Gasteiger partial charge in [-0.2, -0.15) is 0 Å². The third-order valence-electron chi connectivity index (χ3n) is 2.50. The van der Waals surface area contributed by atoms with Crippen molar-refractivity contribution in [3.05, 3.63) is 40.3 Å². The molecule has 100 valence electrons. The third-order valence-corrected chi connectivity index (χ3v) is 3.32. The van der Waals surface area contributed by atoms with E-state index in [1.165, 1.54) is 0 Å². The van der Waals surface area contributed by atoms with Crippen molar-refractivity contribution in [2.45, 2.75) is 13.3 Å². The molecule has 5 nitrogen and oxygen atoms in total. The maximum Gasteiger partial charge on any atom is 0.319 e. The van der Waals surface area contributed by atoms with Crippen LogP contribution in [0, 0.1) is 6.92 Å². The van der Waals surface area contributed by atoms with Gasteiger partial charge in [-0.1, -0.05) is 0 Å². The van der Waals surface area contributed by atoms with E-state index in [0.29, 0.717) is 12.2 Å². The van der Waals surface area contributed by atoms with Crippen molar-refractivity contribution in [3.63, 3.8) is 0 Å². The van der Waals surface area contributed by atoms with Crippen molar-refractivity contribution in [2.75, 3.05) is 17.6 Å². The molecule has 6 heteroatoms. The summed E-state index contributed by atoms with van der Waals surface area (Å²) in [5, 5.41) is 8.58. The molecule has 2 rings (SSSR count). The highest BCUT2D eigenvalue weighted by Gasteiger charge is 2.02. The Morgan fingerprint density at radius 1 is 1.37 bits per heavy atom. The van der Waals surface area contributed by atoms with E-state index in [-0.39, 0.29) is 6.03 Å². The number of nitrogens with one attached hydrogen (secondary N) is 2. The molecule has 0 aliphatic carbocycles. The highest BCUT2D eigenvalue weighted by molar-refractivity contribution is 7.09. The van der Waals surface area contributed by atoms with Crippen LogP contribution in [-0.4, -0.2) is 17.6 Å². The zero-order chi connectivity index (χ0) is 13.7. The molecule has 4 N–H and O–H groups in total. The minimum Gasteiger partial charge on any atom is -0.399 e. The zero-order valence-corrected chi connectivity index (χ0v) is 11.5. The highest BCUT2D eigenvalue weighted by atomic mass is 32.1. The van der Waals surface area contributed by atoms with Gasteiger partial charge in [-0.15, -0.1) is 11.3 Å². The van der Waals surface area contributed by atoms with Crippen LogP contribution in [0.3, 0.4) is 0 Å². The summed E-state index contributed by atoms with van der Waals surface area (Å²) in [7, 11) is 0. The normalized spacial score (nSPS) is 10.2. The Morgan fingerprint density at radius 2 is 2.11 bits per heavy atom. The highest BCUT2D eigenvalue weighted by Crippen LogP contribution is 2.10. The molecule has 0 atom stereocenters. The van der Waals surface area contributed by atoms with Crippen LogP contribution in [0.5, 0.6) is 0 Å². The molecule has 19 heavy (non-hydrogen) atoms. The monoisotopic (exact) mass is 276 g/mol. The van der Waals surface area contributed by atoms with Gasteiger partial charge >= 0.3 is 6.03 Å². The molecule has 0 saturated carbocycles. The fourth-order valence-corrected chi connectivity index (χ4v) is 2.22. The molecule has 1 aromatic carbocycles. The van der Waals surface area contributed by atoms with Crippen molar-refractivity contribution in [1.29, 1.82) is 0 Å². The van der Waals surface area contributed by atoms with Crippen LogP contribution in [0.1, 0.15) is 10.7 Å². The van der Waals surface area contributed by atoms with E-state index in [2.05, 4.69) is 15.6 Å². The Morgan fingerprint density at radius 3 is 2.74 bits per heavy atom. The molecule has 0 aliphatic rings. The first kappa shape index (κ1) is 13.4. The average Bonchev–Trinajstić information content (AvgIpc) is 2.78. The number of anilines is 2. The summed E-state index contributed by atoms with van der Waals surface area (Å²) in [6.45, 7) is 2.53. The van der Waals surface area contributed by atoms with Crippen molar-refractivity contribution < 1.29 is 4.79 Å². The summed E-state index contributed by atoms with van der Waals surface area (Å²) in [6, 6.07) is 6.79. The van der Waals surface area contributed by atoms with Gasteiger partial charge in [-0.3, -0.25) is 0 Å². The number of thiazole rings is 1. The second kappa shape index (κ2) is 6.19. The summed E-state index contributed by atoms with van der Waals surface area (Å²) in [4.78, 5) is 16.0. The smallest absolute Gasteiger partial charge is 0.319 e.